The van der Waals surface area contributed by atoms with Gasteiger partial charge in [0, 0.05) is 43.6 Å². The van der Waals surface area contributed by atoms with Gasteiger partial charge in [-0.3, -0.25) is 4.79 Å². The van der Waals surface area contributed by atoms with Crippen LogP contribution in [0.2, 0.25) is 0 Å². The van der Waals surface area contributed by atoms with Crippen LogP contribution in [-0.4, -0.2) is 63.0 Å². The van der Waals surface area contributed by atoms with E-state index in [1.165, 1.54) is 5.69 Å². The molecule has 160 valence electrons. The highest BCUT2D eigenvalue weighted by Gasteiger charge is 2.16. The van der Waals surface area contributed by atoms with Crippen LogP contribution in [0.15, 0.2) is 59.5 Å². The highest BCUT2D eigenvalue weighted by molar-refractivity contribution is 5.87. The number of nitrogens with zero attached hydrogens (tertiary/aromatic N) is 4. The summed E-state index contributed by atoms with van der Waals surface area (Å²) in [7, 11) is 2.17. The van der Waals surface area contributed by atoms with Crippen molar-refractivity contribution in [2.24, 2.45) is 0 Å². The van der Waals surface area contributed by atoms with E-state index >= 15 is 0 Å². The number of aromatic amines is 3. The molecule has 32 heavy (non-hydrogen) atoms. The fraction of sp³-hybridized carbons (Fsp3) is 0.208. The van der Waals surface area contributed by atoms with Crippen LogP contribution < -0.4 is 10.5 Å². The van der Waals surface area contributed by atoms with Crippen molar-refractivity contribution in [3.05, 3.63) is 65.1 Å². The first kappa shape index (κ1) is 18.8. The Balaban J connectivity index is 1.34. The molecule has 0 aliphatic carbocycles. The summed E-state index contributed by atoms with van der Waals surface area (Å²) >= 11 is 0. The van der Waals surface area contributed by atoms with E-state index in [4.69, 9.17) is 4.98 Å². The second-order valence-corrected chi connectivity index (χ2v) is 8.31. The SMILES string of the molecule is CN1CCN(c2ccc3nc(-c4ccc5nc(-c6ccc[nH]c6=O)[nH]c5c4)[nH]c3c2)CC1. The van der Waals surface area contributed by atoms with Crippen molar-refractivity contribution in [3.63, 3.8) is 0 Å². The van der Waals surface area contributed by atoms with E-state index in [-0.39, 0.29) is 5.56 Å². The maximum atomic E-state index is 12.1. The zero-order chi connectivity index (χ0) is 21.7. The van der Waals surface area contributed by atoms with Gasteiger partial charge in [-0.1, -0.05) is 0 Å². The van der Waals surface area contributed by atoms with Crippen LogP contribution in [0.4, 0.5) is 5.69 Å². The van der Waals surface area contributed by atoms with Crippen LogP contribution in [0.1, 0.15) is 0 Å². The molecule has 3 N–H and O–H groups in total. The summed E-state index contributed by atoms with van der Waals surface area (Å²) in [4.78, 5) is 35.7. The lowest BCUT2D eigenvalue weighted by molar-refractivity contribution is 0.313. The molecule has 0 unspecified atom stereocenters. The Kier molecular flexibility index (Phi) is 4.32. The molecule has 5 aromatic rings. The maximum Gasteiger partial charge on any atom is 0.258 e. The molecule has 2 aromatic carbocycles. The van der Waals surface area contributed by atoms with E-state index in [2.05, 4.69) is 55.0 Å². The van der Waals surface area contributed by atoms with E-state index < -0.39 is 0 Å². The molecule has 1 fully saturated rings. The lowest BCUT2D eigenvalue weighted by Crippen LogP contribution is -2.44. The Hall–Kier alpha value is -3.91. The number of anilines is 1. The average molecular weight is 425 g/mol. The van der Waals surface area contributed by atoms with Crippen LogP contribution in [0.5, 0.6) is 0 Å². The number of benzene rings is 2. The minimum atomic E-state index is -0.166. The molecule has 1 aliphatic rings. The van der Waals surface area contributed by atoms with Gasteiger partial charge in [-0.05, 0) is 55.6 Å². The lowest BCUT2D eigenvalue weighted by Gasteiger charge is -2.34. The van der Waals surface area contributed by atoms with Gasteiger partial charge in [0.2, 0.25) is 0 Å². The Bertz CT molecular complexity index is 1490. The van der Waals surface area contributed by atoms with Crippen molar-refractivity contribution in [1.29, 1.82) is 0 Å². The molecule has 0 radical (unpaired) electrons. The minimum Gasteiger partial charge on any atom is -0.369 e. The van der Waals surface area contributed by atoms with Crippen molar-refractivity contribution in [2.75, 3.05) is 38.1 Å². The molecule has 0 bridgehead atoms. The molecule has 3 aromatic heterocycles. The summed E-state index contributed by atoms with van der Waals surface area (Å²) < 4.78 is 0. The highest BCUT2D eigenvalue weighted by atomic mass is 16.1. The Morgan fingerprint density at radius 2 is 1.56 bits per heavy atom. The van der Waals surface area contributed by atoms with Crippen molar-refractivity contribution in [2.45, 2.75) is 0 Å². The quantitative estimate of drug-likeness (QED) is 0.412. The van der Waals surface area contributed by atoms with Gasteiger partial charge in [0.1, 0.15) is 11.6 Å². The minimum absolute atomic E-state index is 0.166. The van der Waals surface area contributed by atoms with Gasteiger partial charge in [0.05, 0.1) is 27.6 Å². The van der Waals surface area contributed by atoms with Crippen molar-refractivity contribution < 1.29 is 0 Å². The number of hydrogen-bond acceptors (Lipinski definition) is 5. The normalized spacial score (nSPS) is 15.1. The largest absolute Gasteiger partial charge is 0.369 e. The Morgan fingerprint density at radius 1 is 0.844 bits per heavy atom. The first-order valence-electron chi connectivity index (χ1n) is 10.8. The number of likely N-dealkylation sites (N-methyl/N-ethyl adjacent to an activating group) is 1. The molecule has 1 aliphatic heterocycles. The van der Waals surface area contributed by atoms with Gasteiger partial charge < -0.3 is 24.8 Å². The molecule has 0 amide bonds. The molecular weight excluding hydrogens is 402 g/mol. The maximum absolute atomic E-state index is 12.1. The molecule has 0 spiro atoms. The van der Waals surface area contributed by atoms with E-state index in [1.807, 2.05) is 18.2 Å². The third-order valence-electron chi connectivity index (χ3n) is 6.16. The number of aromatic nitrogens is 5. The summed E-state index contributed by atoms with van der Waals surface area (Å²) in [5.74, 6) is 1.37. The van der Waals surface area contributed by atoms with E-state index in [9.17, 15) is 4.79 Å². The molecule has 6 rings (SSSR count). The van der Waals surface area contributed by atoms with E-state index in [0.717, 1.165) is 59.6 Å². The van der Waals surface area contributed by atoms with Crippen molar-refractivity contribution in [1.82, 2.24) is 29.8 Å². The van der Waals surface area contributed by atoms with E-state index in [0.29, 0.717) is 11.4 Å². The zero-order valence-electron chi connectivity index (χ0n) is 17.7. The lowest BCUT2D eigenvalue weighted by atomic mass is 10.2. The Morgan fingerprint density at radius 3 is 2.38 bits per heavy atom. The number of rotatable bonds is 3. The number of pyridine rings is 1. The van der Waals surface area contributed by atoms with Gasteiger partial charge in [-0.25, -0.2) is 9.97 Å². The summed E-state index contributed by atoms with van der Waals surface area (Å²) in [6.07, 6.45) is 1.61. The number of imidazole rings is 2. The smallest absolute Gasteiger partial charge is 0.258 e. The summed E-state index contributed by atoms with van der Waals surface area (Å²) in [6.45, 7) is 4.22. The molecule has 8 nitrogen and oxygen atoms in total. The van der Waals surface area contributed by atoms with Gasteiger partial charge in [-0.2, -0.15) is 0 Å². The van der Waals surface area contributed by atoms with Crippen LogP contribution >= 0.6 is 0 Å². The van der Waals surface area contributed by atoms with Gasteiger partial charge in [-0.15, -0.1) is 0 Å². The van der Waals surface area contributed by atoms with Crippen molar-refractivity contribution in [3.8, 4) is 22.8 Å². The highest BCUT2D eigenvalue weighted by Crippen LogP contribution is 2.27. The first-order valence-corrected chi connectivity index (χ1v) is 10.8. The average Bonchev–Trinajstić information content (AvgIpc) is 3.43. The summed E-state index contributed by atoms with van der Waals surface area (Å²) in [6, 6.07) is 15.9. The van der Waals surface area contributed by atoms with Gasteiger partial charge in [0.25, 0.3) is 5.56 Å². The number of H-pyrrole nitrogens is 3. The zero-order valence-corrected chi connectivity index (χ0v) is 17.7. The third-order valence-corrected chi connectivity index (χ3v) is 6.16. The van der Waals surface area contributed by atoms with Crippen molar-refractivity contribution >= 4 is 27.8 Å². The van der Waals surface area contributed by atoms with Gasteiger partial charge >= 0.3 is 0 Å². The predicted molar refractivity (Wildman–Crippen MR) is 127 cm³/mol. The molecule has 0 atom stereocenters. The summed E-state index contributed by atoms with van der Waals surface area (Å²) in [5, 5.41) is 0. The number of piperazine rings is 1. The monoisotopic (exact) mass is 425 g/mol. The molecule has 4 heterocycles. The molecule has 0 saturated carbocycles. The first-order chi connectivity index (χ1) is 15.6. The molecule has 8 heteroatoms. The Labute approximate surface area is 183 Å². The van der Waals surface area contributed by atoms with Crippen LogP contribution in [0, 0.1) is 0 Å². The predicted octanol–water partition coefficient (Wildman–Crippen LogP) is 3.21. The molecule has 1 saturated heterocycles. The number of nitrogens with one attached hydrogen (secondary N) is 3. The second kappa shape index (κ2) is 7.35. The number of fused-ring (bicyclic) bond motifs is 2. The third kappa shape index (κ3) is 3.25. The fourth-order valence-corrected chi connectivity index (χ4v) is 4.29. The fourth-order valence-electron chi connectivity index (χ4n) is 4.29. The van der Waals surface area contributed by atoms with Crippen LogP contribution in [-0.2, 0) is 0 Å². The van der Waals surface area contributed by atoms with Crippen LogP contribution in [0.25, 0.3) is 44.8 Å². The van der Waals surface area contributed by atoms with Gasteiger partial charge in [0.15, 0.2) is 0 Å². The number of hydrogen-bond donors (Lipinski definition) is 3. The summed E-state index contributed by atoms with van der Waals surface area (Å²) in [5.41, 5.74) is 6.18. The topological polar surface area (TPSA) is 96.7 Å². The molecular formula is C24H23N7O. The second-order valence-electron chi connectivity index (χ2n) is 8.31. The standard InChI is InChI=1S/C24H23N7O/c1-30-9-11-31(12-10-30)16-5-7-19-21(14-16)28-22(26-19)15-4-6-18-20(13-15)29-23(27-18)17-3-2-8-25-24(17)32/h2-8,13-14H,9-12H2,1H3,(H,25,32)(H,26,28)(H,27,29). The van der Waals surface area contributed by atoms with Crippen LogP contribution in [0.3, 0.4) is 0 Å². The van der Waals surface area contributed by atoms with E-state index in [1.54, 1.807) is 18.3 Å².